The summed E-state index contributed by atoms with van der Waals surface area (Å²) in [5.41, 5.74) is 6.73. The van der Waals surface area contributed by atoms with E-state index in [4.69, 9.17) is 27.0 Å². The molecule has 2 N–H and O–H groups in total. The number of rotatable bonds is 7. The van der Waals surface area contributed by atoms with E-state index in [0.717, 1.165) is 45.0 Å². The maximum atomic E-state index is 6.14. The normalized spacial score (nSPS) is 11.3. The Bertz CT molecular complexity index is 1050. The predicted octanol–water partition coefficient (Wildman–Crippen LogP) is 5.24. The Morgan fingerprint density at radius 3 is 2.33 bits per heavy atom. The number of aryl methyl sites for hydroxylation is 2. The highest BCUT2D eigenvalue weighted by molar-refractivity contribution is 6.30. The lowest BCUT2D eigenvalue weighted by Gasteiger charge is -2.20. The van der Waals surface area contributed by atoms with E-state index >= 15 is 0 Å². The van der Waals surface area contributed by atoms with Crippen molar-refractivity contribution in [1.82, 2.24) is 0 Å². The fourth-order valence-electron chi connectivity index (χ4n) is 3.28. The molecule has 6 heteroatoms. The van der Waals surface area contributed by atoms with Gasteiger partial charge in [0.15, 0.2) is 0 Å². The number of nitrogens with zero attached hydrogens (tertiary/aromatic N) is 2. The first-order valence-corrected chi connectivity index (χ1v) is 9.96. The molecule has 156 valence electrons. The number of benzene rings is 3. The molecule has 0 aromatic heterocycles. The van der Waals surface area contributed by atoms with Crippen LogP contribution in [0.25, 0.3) is 0 Å². The molecule has 0 aliphatic heterocycles. The summed E-state index contributed by atoms with van der Waals surface area (Å²) in [4.78, 5) is 5.07. The molecule has 0 bridgehead atoms. The van der Waals surface area contributed by atoms with Crippen LogP contribution in [0.2, 0.25) is 5.02 Å². The van der Waals surface area contributed by atoms with Crippen LogP contribution in [0.3, 0.4) is 0 Å². The molecule has 0 radical (unpaired) electrons. The van der Waals surface area contributed by atoms with Gasteiger partial charge in [-0.25, -0.2) is 5.84 Å². The molecule has 0 aliphatic rings. The summed E-state index contributed by atoms with van der Waals surface area (Å²) in [6.07, 6.45) is 0. The molecular weight excluding hydrogens is 398 g/mol. The standard InChI is InChI=1S/C24H26ClN3O2/c1-16-6-5-7-22(28(3)26)21(16)15-30-23-13-10-19(14-17(23)2)24(27-29-4)18-8-11-20(25)12-9-18/h5-14H,15,26H2,1-4H3. The Morgan fingerprint density at radius 1 is 1.00 bits per heavy atom. The van der Waals surface area contributed by atoms with Crippen molar-refractivity contribution in [3.63, 3.8) is 0 Å². The van der Waals surface area contributed by atoms with Crippen LogP contribution in [0.15, 0.2) is 65.8 Å². The molecule has 3 aromatic rings. The van der Waals surface area contributed by atoms with Crippen molar-refractivity contribution in [3.05, 3.63) is 93.5 Å². The smallest absolute Gasteiger partial charge is 0.122 e. The van der Waals surface area contributed by atoms with Gasteiger partial charge in [-0.05, 0) is 61.4 Å². The van der Waals surface area contributed by atoms with E-state index in [0.29, 0.717) is 11.6 Å². The average molecular weight is 424 g/mol. The van der Waals surface area contributed by atoms with Crippen molar-refractivity contribution in [1.29, 1.82) is 0 Å². The van der Waals surface area contributed by atoms with Crippen molar-refractivity contribution < 1.29 is 9.57 Å². The first-order valence-electron chi connectivity index (χ1n) is 9.58. The monoisotopic (exact) mass is 423 g/mol. The molecular formula is C24H26ClN3O2. The Hall–Kier alpha value is -3.02. The number of anilines is 1. The van der Waals surface area contributed by atoms with Gasteiger partial charge >= 0.3 is 0 Å². The lowest BCUT2D eigenvalue weighted by molar-refractivity contribution is 0.214. The Balaban J connectivity index is 1.85. The van der Waals surface area contributed by atoms with E-state index in [1.807, 2.05) is 68.6 Å². The molecule has 0 fully saturated rings. The van der Waals surface area contributed by atoms with Gasteiger partial charge in [0.05, 0.1) is 5.69 Å². The molecule has 3 aromatic carbocycles. The Kier molecular flexibility index (Phi) is 6.98. The zero-order chi connectivity index (χ0) is 21.7. The topological polar surface area (TPSA) is 60.1 Å². The van der Waals surface area contributed by atoms with Gasteiger partial charge in [-0.1, -0.05) is 41.0 Å². The van der Waals surface area contributed by atoms with Gasteiger partial charge < -0.3 is 14.6 Å². The average Bonchev–Trinajstić information content (AvgIpc) is 2.72. The summed E-state index contributed by atoms with van der Waals surface area (Å²) in [6, 6.07) is 19.5. The summed E-state index contributed by atoms with van der Waals surface area (Å²) < 4.78 is 6.14. The highest BCUT2D eigenvalue weighted by Gasteiger charge is 2.13. The molecule has 0 aliphatic carbocycles. The molecule has 0 spiro atoms. The minimum Gasteiger partial charge on any atom is -0.489 e. The molecule has 3 rings (SSSR count). The van der Waals surface area contributed by atoms with Crippen molar-refractivity contribution in [2.45, 2.75) is 20.5 Å². The lowest BCUT2D eigenvalue weighted by atomic mass is 10.0. The SMILES string of the molecule is CON=C(c1ccc(Cl)cc1)c1ccc(OCc2c(C)cccc2N(C)N)c(C)c1. The number of hydrazine groups is 1. The number of oxime groups is 1. The molecule has 30 heavy (non-hydrogen) atoms. The van der Waals surface area contributed by atoms with Gasteiger partial charge in [0.2, 0.25) is 0 Å². The zero-order valence-corrected chi connectivity index (χ0v) is 18.4. The van der Waals surface area contributed by atoms with Crippen LogP contribution in [0, 0.1) is 13.8 Å². The van der Waals surface area contributed by atoms with Crippen molar-refractivity contribution in [2.24, 2.45) is 11.0 Å². The van der Waals surface area contributed by atoms with Crippen LogP contribution in [0.5, 0.6) is 5.75 Å². The van der Waals surface area contributed by atoms with Gasteiger partial charge in [0, 0.05) is 28.8 Å². The summed E-state index contributed by atoms with van der Waals surface area (Å²) >= 11 is 6.01. The van der Waals surface area contributed by atoms with Gasteiger partial charge in [0.1, 0.15) is 25.2 Å². The number of halogens is 1. The van der Waals surface area contributed by atoms with Crippen LogP contribution in [-0.2, 0) is 11.4 Å². The molecule has 0 unspecified atom stereocenters. The van der Waals surface area contributed by atoms with Crippen LogP contribution in [0.4, 0.5) is 5.69 Å². The quantitative estimate of drug-likeness (QED) is 0.320. The number of nitrogens with two attached hydrogens (primary N) is 1. The third-order valence-electron chi connectivity index (χ3n) is 4.89. The molecule has 0 heterocycles. The van der Waals surface area contributed by atoms with Crippen LogP contribution >= 0.6 is 11.6 Å². The zero-order valence-electron chi connectivity index (χ0n) is 17.6. The van der Waals surface area contributed by atoms with Gasteiger partial charge in [-0.3, -0.25) is 0 Å². The van der Waals surface area contributed by atoms with Crippen LogP contribution in [-0.4, -0.2) is 19.9 Å². The van der Waals surface area contributed by atoms with E-state index in [1.54, 1.807) is 5.01 Å². The summed E-state index contributed by atoms with van der Waals surface area (Å²) in [6.45, 7) is 4.50. The van der Waals surface area contributed by atoms with Gasteiger partial charge in [-0.15, -0.1) is 0 Å². The number of hydrogen-bond acceptors (Lipinski definition) is 5. The van der Waals surface area contributed by atoms with E-state index < -0.39 is 0 Å². The van der Waals surface area contributed by atoms with E-state index in [-0.39, 0.29) is 0 Å². The summed E-state index contributed by atoms with van der Waals surface area (Å²) in [5, 5.41) is 6.50. The molecule has 0 atom stereocenters. The summed E-state index contributed by atoms with van der Waals surface area (Å²) in [7, 11) is 3.36. The molecule has 0 amide bonds. The summed E-state index contributed by atoms with van der Waals surface area (Å²) in [5.74, 6) is 6.78. The highest BCUT2D eigenvalue weighted by Crippen LogP contribution is 2.26. The van der Waals surface area contributed by atoms with Gasteiger partial charge in [-0.2, -0.15) is 0 Å². The van der Waals surface area contributed by atoms with Crippen molar-refractivity contribution in [3.8, 4) is 5.75 Å². The third-order valence-corrected chi connectivity index (χ3v) is 5.14. The lowest BCUT2D eigenvalue weighted by Crippen LogP contribution is -2.26. The Morgan fingerprint density at radius 2 is 1.70 bits per heavy atom. The molecule has 0 saturated heterocycles. The second kappa shape index (κ2) is 9.65. The number of hydrogen-bond donors (Lipinski definition) is 1. The van der Waals surface area contributed by atoms with E-state index in [2.05, 4.69) is 18.1 Å². The highest BCUT2D eigenvalue weighted by atomic mass is 35.5. The first-order chi connectivity index (χ1) is 14.4. The van der Waals surface area contributed by atoms with E-state index in [9.17, 15) is 0 Å². The van der Waals surface area contributed by atoms with E-state index in [1.165, 1.54) is 7.11 Å². The minimum atomic E-state index is 0.430. The second-order valence-electron chi connectivity index (χ2n) is 7.08. The largest absolute Gasteiger partial charge is 0.489 e. The molecule has 5 nitrogen and oxygen atoms in total. The third kappa shape index (κ3) is 4.93. The van der Waals surface area contributed by atoms with Gasteiger partial charge in [0.25, 0.3) is 0 Å². The fourth-order valence-corrected chi connectivity index (χ4v) is 3.41. The predicted molar refractivity (Wildman–Crippen MR) is 123 cm³/mol. The Labute approximate surface area is 182 Å². The van der Waals surface area contributed by atoms with Crippen LogP contribution in [0.1, 0.15) is 27.8 Å². The first kappa shape index (κ1) is 21.7. The minimum absolute atomic E-state index is 0.430. The molecule has 0 saturated carbocycles. The second-order valence-corrected chi connectivity index (χ2v) is 7.52. The fraction of sp³-hybridized carbons (Fsp3) is 0.208. The van der Waals surface area contributed by atoms with Crippen LogP contribution < -0.4 is 15.6 Å². The van der Waals surface area contributed by atoms with Crippen molar-refractivity contribution in [2.75, 3.05) is 19.2 Å². The maximum Gasteiger partial charge on any atom is 0.122 e. The number of ether oxygens (including phenoxy) is 1. The van der Waals surface area contributed by atoms with Crippen molar-refractivity contribution >= 4 is 23.0 Å². The maximum absolute atomic E-state index is 6.14.